The van der Waals surface area contributed by atoms with Crippen LogP contribution in [0.1, 0.15) is 0 Å². The van der Waals surface area contributed by atoms with E-state index in [9.17, 15) is 15.0 Å². The summed E-state index contributed by atoms with van der Waals surface area (Å²) >= 11 is 0. The Morgan fingerprint density at radius 2 is 2.00 bits per heavy atom. The Labute approximate surface area is 135 Å². The van der Waals surface area contributed by atoms with Gasteiger partial charge in [-0.3, -0.25) is 0 Å². The highest BCUT2D eigenvalue weighted by Gasteiger charge is 2.16. The van der Waals surface area contributed by atoms with Gasteiger partial charge in [0.15, 0.2) is 5.82 Å². The summed E-state index contributed by atoms with van der Waals surface area (Å²) in [6, 6.07) is 9.84. The van der Waals surface area contributed by atoms with E-state index < -0.39 is 6.09 Å². The maximum absolute atomic E-state index is 11.7. The SMILES string of the molecule is O=C(O)n1c(-c2ccc(-n3cncn3)nc2)cc2ccc(O)cc21. The van der Waals surface area contributed by atoms with Gasteiger partial charge in [-0.15, -0.1) is 0 Å². The summed E-state index contributed by atoms with van der Waals surface area (Å²) in [5, 5.41) is 23.9. The van der Waals surface area contributed by atoms with Crippen LogP contribution in [0.25, 0.3) is 28.0 Å². The Bertz CT molecular complexity index is 1040. The highest BCUT2D eigenvalue weighted by molar-refractivity contribution is 5.96. The molecule has 2 N–H and O–H groups in total. The molecule has 0 radical (unpaired) electrons. The fraction of sp³-hybridized carbons (Fsp3) is 0. The highest BCUT2D eigenvalue weighted by atomic mass is 16.4. The second kappa shape index (κ2) is 5.20. The number of rotatable bonds is 2. The van der Waals surface area contributed by atoms with Gasteiger partial charge in [0.1, 0.15) is 18.4 Å². The number of aromatic hydroxyl groups is 1. The van der Waals surface area contributed by atoms with E-state index in [-0.39, 0.29) is 5.75 Å². The molecule has 1 aromatic carbocycles. The van der Waals surface area contributed by atoms with E-state index in [0.29, 0.717) is 28.0 Å². The van der Waals surface area contributed by atoms with Crippen molar-refractivity contribution in [2.24, 2.45) is 0 Å². The molecule has 0 aliphatic carbocycles. The molecule has 24 heavy (non-hydrogen) atoms. The van der Waals surface area contributed by atoms with Gasteiger partial charge in [-0.05, 0) is 30.3 Å². The van der Waals surface area contributed by atoms with Gasteiger partial charge in [-0.1, -0.05) is 0 Å². The first-order valence-electron chi connectivity index (χ1n) is 7.03. The minimum absolute atomic E-state index is 0.00862. The molecule has 0 saturated heterocycles. The van der Waals surface area contributed by atoms with E-state index >= 15 is 0 Å². The summed E-state index contributed by atoms with van der Waals surface area (Å²) in [6.07, 6.45) is 3.37. The Morgan fingerprint density at radius 1 is 1.12 bits per heavy atom. The van der Waals surface area contributed by atoms with Crippen LogP contribution < -0.4 is 0 Å². The molecule has 0 atom stereocenters. The van der Waals surface area contributed by atoms with Gasteiger partial charge in [0, 0.05) is 23.2 Å². The maximum atomic E-state index is 11.7. The lowest BCUT2D eigenvalue weighted by Crippen LogP contribution is -2.09. The summed E-state index contributed by atoms with van der Waals surface area (Å²) in [6.45, 7) is 0. The lowest BCUT2D eigenvalue weighted by molar-refractivity contribution is 0.198. The van der Waals surface area contributed by atoms with Crippen LogP contribution in [0.3, 0.4) is 0 Å². The molecule has 8 heteroatoms. The first-order valence-corrected chi connectivity index (χ1v) is 7.03. The van der Waals surface area contributed by atoms with Crippen LogP contribution in [0.5, 0.6) is 5.75 Å². The maximum Gasteiger partial charge on any atom is 0.416 e. The number of hydrogen-bond donors (Lipinski definition) is 2. The summed E-state index contributed by atoms with van der Waals surface area (Å²) in [4.78, 5) is 19.8. The van der Waals surface area contributed by atoms with Crippen molar-refractivity contribution in [3.05, 3.63) is 55.2 Å². The Morgan fingerprint density at radius 3 is 2.67 bits per heavy atom. The molecule has 8 nitrogen and oxygen atoms in total. The van der Waals surface area contributed by atoms with Gasteiger partial charge >= 0.3 is 6.09 Å². The number of fused-ring (bicyclic) bond motifs is 1. The predicted octanol–water partition coefficient (Wildman–Crippen LogP) is 2.52. The number of phenols is 1. The van der Waals surface area contributed by atoms with Crippen molar-refractivity contribution in [1.82, 2.24) is 24.3 Å². The third kappa shape index (κ3) is 2.17. The summed E-state index contributed by atoms with van der Waals surface area (Å²) in [5.41, 5.74) is 1.52. The number of benzene rings is 1. The van der Waals surface area contributed by atoms with Crippen LogP contribution in [-0.2, 0) is 0 Å². The van der Waals surface area contributed by atoms with E-state index in [4.69, 9.17) is 0 Å². The predicted molar refractivity (Wildman–Crippen MR) is 85.2 cm³/mol. The molecule has 0 aliphatic heterocycles. The topological polar surface area (TPSA) is 106 Å². The van der Waals surface area contributed by atoms with Crippen LogP contribution in [0.15, 0.2) is 55.2 Å². The number of hydrogen-bond acceptors (Lipinski definition) is 5. The van der Waals surface area contributed by atoms with Crippen molar-refractivity contribution in [2.45, 2.75) is 0 Å². The van der Waals surface area contributed by atoms with Crippen LogP contribution in [-0.4, -0.2) is 40.6 Å². The summed E-state index contributed by atoms with van der Waals surface area (Å²) < 4.78 is 2.63. The van der Waals surface area contributed by atoms with Gasteiger partial charge in [-0.25, -0.2) is 24.0 Å². The van der Waals surface area contributed by atoms with Crippen LogP contribution in [0.4, 0.5) is 4.79 Å². The zero-order valence-electron chi connectivity index (χ0n) is 12.2. The lowest BCUT2D eigenvalue weighted by Gasteiger charge is -2.06. The van der Waals surface area contributed by atoms with E-state index in [2.05, 4.69) is 15.1 Å². The summed E-state index contributed by atoms with van der Waals surface area (Å²) in [7, 11) is 0. The third-order valence-electron chi connectivity index (χ3n) is 3.68. The largest absolute Gasteiger partial charge is 0.508 e. The number of carboxylic acid groups (broad SMARTS) is 1. The molecule has 4 aromatic rings. The molecular weight excluding hydrogens is 310 g/mol. The van der Waals surface area contributed by atoms with E-state index in [0.717, 1.165) is 4.57 Å². The number of aromatic nitrogens is 5. The minimum Gasteiger partial charge on any atom is -0.508 e. The minimum atomic E-state index is -1.13. The van der Waals surface area contributed by atoms with Gasteiger partial charge in [-0.2, -0.15) is 5.10 Å². The molecule has 0 saturated carbocycles. The molecule has 0 bridgehead atoms. The average Bonchev–Trinajstić information content (AvgIpc) is 3.22. The zero-order valence-corrected chi connectivity index (χ0v) is 12.2. The number of nitrogens with zero attached hydrogens (tertiary/aromatic N) is 5. The molecule has 3 aromatic heterocycles. The van der Waals surface area contributed by atoms with Crippen molar-refractivity contribution in [2.75, 3.05) is 0 Å². The first-order chi connectivity index (χ1) is 11.6. The van der Waals surface area contributed by atoms with E-state index in [1.165, 1.54) is 29.5 Å². The Hall–Kier alpha value is -3.68. The molecule has 3 heterocycles. The van der Waals surface area contributed by atoms with Crippen molar-refractivity contribution < 1.29 is 15.0 Å². The van der Waals surface area contributed by atoms with Crippen molar-refractivity contribution >= 4 is 17.0 Å². The van der Waals surface area contributed by atoms with Crippen LogP contribution in [0, 0.1) is 0 Å². The molecule has 0 unspecified atom stereocenters. The second-order valence-electron chi connectivity index (χ2n) is 5.14. The molecule has 118 valence electrons. The lowest BCUT2D eigenvalue weighted by atomic mass is 10.2. The first kappa shape index (κ1) is 13.9. The van der Waals surface area contributed by atoms with Gasteiger partial charge in [0.05, 0.1) is 11.2 Å². The zero-order chi connectivity index (χ0) is 16.7. The monoisotopic (exact) mass is 321 g/mol. The number of pyridine rings is 1. The molecule has 0 fully saturated rings. The third-order valence-corrected chi connectivity index (χ3v) is 3.68. The fourth-order valence-electron chi connectivity index (χ4n) is 2.61. The molecular formula is C16H11N5O3. The molecule has 0 spiro atoms. The molecule has 4 rings (SSSR count). The average molecular weight is 321 g/mol. The fourth-order valence-corrected chi connectivity index (χ4v) is 2.61. The molecule has 0 amide bonds. The highest BCUT2D eigenvalue weighted by Crippen LogP contribution is 2.30. The number of carbonyl (C=O) groups is 1. The van der Waals surface area contributed by atoms with Crippen molar-refractivity contribution in [1.29, 1.82) is 0 Å². The van der Waals surface area contributed by atoms with Crippen molar-refractivity contribution in [3.8, 4) is 22.8 Å². The normalized spacial score (nSPS) is 11.0. The standard InChI is InChI=1S/C16H11N5O3/c22-12-3-1-10-5-13(21(16(23)24)14(10)6-12)11-2-4-15(18-7-11)20-9-17-8-19-20/h1-9,22H,(H,23,24). The summed E-state index contributed by atoms with van der Waals surface area (Å²) in [5.74, 6) is 0.584. The van der Waals surface area contributed by atoms with Gasteiger partial charge in [0.25, 0.3) is 0 Å². The number of phenolic OH excluding ortho intramolecular Hbond substituents is 1. The second-order valence-corrected chi connectivity index (χ2v) is 5.14. The smallest absolute Gasteiger partial charge is 0.416 e. The Balaban J connectivity index is 1.87. The van der Waals surface area contributed by atoms with Crippen molar-refractivity contribution in [3.63, 3.8) is 0 Å². The van der Waals surface area contributed by atoms with E-state index in [1.54, 1.807) is 30.5 Å². The van der Waals surface area contributed by atoms with E-state index in [1.807, 2.05) is 0 Å². The quantitative estimate of drug-likeness (QED) is 0.587. The van der Waals surface area contributed by atoms with Gasteiger partial charge in [0.2, 0.25) is 0 Å². The van der Waals surface area contributed by atoms with Crippen LogP contribution >= 0.6 is 0 Å². The van der Waals surface area contributed by atoms with Gasteiger partial charge < -0.3 is 10.2 Å². The Kier molecular flexibility index (Phi) is 3.02. The molecule has 0 aliphatic rings. The van der Waals surface area contributed by atoms with Crippen LogP contribution in [0.2, 0.25) is 0 Å².